The van der Waals surface area contributed by atoms with E-state index < -0.39 is 0 Å². The van der Waals surface area contributed by atoms with Crippen molar-refractivity contribution in [2.24, 2.45) is 0 Å². The second-order valence-electron chi connectivity index (χ2n) is 8.87. The highest BCUT2D eigenvalue weighted by Crippen LogP contribution is 2.28. The zero-order valence-corrected chi connectivity index (χ0v) is 22.2. The quantitative estimate of drug-likeness (QED) is 0.368. The molecule has 1 atom stereocenters. The predicted molar refractivity (Wildman–Crippen MR) is 144 cm³/mol. The number of piperazine rings is 1. The van der Waals surface area contributed by atoms with Crippen LogP contribution in [-0.2, 0) is 11.3 Å². The number of benzene rings is 3. The van der Waals surface area contributed by atoms with Crippen LogP contribution < -0.4 is 14.2 Å². The van der Waals surface area contributed by atoms with E-state index in [2.05, 4.69) is 11.0 Å². The lowest BCUT2D eigenvalue weighted by Crippen LogP contribution is -2.49. The Bertz CT molecular complexity index is 1200. The van der Waals surface area contributed by atoms with Crippen LogP contribution in [-0.4, -0.2) is 69.8 Å². The summed E-state index contributed by atoms with van der Waals surface area (Å²) in [5.41, 5.74) is 2.60. The number of methoxy groups -OCH3 is 3. The van der Waals surface area contributed by atoms with Gasteiger partial charge >= 0.3 is 0 Å². The first-order chi connectivity index (χ1) is 18.0. The lowest BCUT2D eigenvalue weighted by molar-refractivity contribution is 0.00331. The minimum absolute atomic E-state index is 0.0410. The Labute approximate surface area is 223 Å². The van der Waals surface area contributed by atoms with E-state index in [4.69, 9.17) is 30.5 Å². The van der Waals surface area contributed by atoms with Gasteiger partial charge in [0.05, 0.1) is 39.6 Å². The average molecular weight is 525 g/mol. The molecule has 1 aliphatic rings. The van der Waals surface area contributed by atoms with Crippen molar-refractivity contribution in [2.75, 3.05) is 54.1 Å². The summed E-state index contributed by atoms with van der Waals surface area (Å²) in [7, 11) is 4.81. The Morgan fingerprint density at radius 3 is 2.30 bits per heavy atom. The molecule has 1 aliphatic heterocycles. The molecule has 4 rings (SSSR count). The van der Waals surface area contributed by atoms with Crippen LogP contribution in [0.4, 0.5) is 0 Å². The zero-order chi connectivity index (χ0) is 26.2. The average Bonchev–Trinajstić information content (AvgIpc) is 2.94. The van der Waals surface area contributed by atoms with Crippen LogP contribution in [0.5, 0.6) is 17.2 Å². The molecule has 0 aliphatic carbocycles. The molecule has 3 aromatic rings. The lowest BCUT2D eigenvalue weighted by atomic mass is 10.1. The summed E-state index contributed by atoms with van der Waals surface area (Å²) in [5.74, 6) is 1.91. The monoisotopic (exact) mass is 524 g/mol. The SMILES string of the molecule is COc1cccc([C@@H](CN2CCN(C(=O)c3ccc(OC)cc3OC)CC2)OCc2cccc(Cl)c2)c1. The number of amides is 1. The number of hydrogen-bond acceptors (Lipinski definition) is 6. The topological polar surface area (TPSA) is 60.5 Å². The molecule has 0 spiro atoms. The normalized spacial score (nSPS) is 14.8. The van der Waals surface area contributed by atoms with Gasteiger partial charge < -0.3 is 23.8 Å². The molecular weight excluding hydrogens is 492 g/mol. The highest BCUT2D eigenvalue weighted by Gasteiger charge is 2.26. The van der Waals surface area contributed by atoms with Crippen molar-refractivity contribution in [3.05, 3.63) is 88.4 Å². The van der Waals surface area contributed by atoms with Crippen LogP contribution in [0, 0.1) is 0 Å². The molecule has 196 valence electrons. The van der Waals surface area contributed by atoms with E-state index in [9.17, 15) is 4.79 Å². The molecule has 3 aromatic carbocycles. The van der Waals surface area contributed by atoms with Crippen LogP contribution in [0.3, 0.4) is 0 Å². The minimum atomic E-state index is -0.169. The van der Waals surface area contributed by atoms with Gasteiger partial charge in [-0.2, -0.15) is 0 Å². The van der Waals surface area contributed by atoms with Gasteiger partial charge in [-0.25, -0.2) is 0 Å². The fourth-order valence-corrected chi connectivity index (χ4v) is 4.65. The molecule has 1 heterocycles. The Hall–Kier alpha value is -3.26. The van der Waals surface area contributed by atoms with Crippen molar-refractivity contribution >= 4 is 17.5 Å². The van der Waals surface area contributed by atoms with E-state index in [1.165, 1.54) is 0 Å². The van der Waals surface area contributed by atoms with E-state index in [-0.39, 0.29) is 12.0 Å². The molecule has 0 bridgehead atoms. The van der Waals surface area contributed by atoms with Gasteiger partial charge in [-0.05, 0) is 47.5 Å². The van der Waals surface area contributed by atoms with Crippen molar-refractivity contribution in [1.29, 1.82) is 0 Å². The summed E-state index contributed by atoms with van der Waals surface area (Å²) in [6.45, 7) is 3.86. The summed E-state index contributed by atoms with van der Waals surface area (Å²) < 4.78 is 22.5. The Morgan fingerprint density at radius 2 is 1.59 bits per heavy atom. The van der Waals surface area contributed by atoms with Crippen LogP contribution in [0.25, 0.3) is 0 Å². The molecule has 1 saturated heterocycles. The first-order valence-corrected chi connectivity index (χ1v) is 12.6. The van der Waals surface area contributed by atoms with E-state index in [0.717, 1.165) is 30.0 Å². The highest BCUT2D eigenvalue weighted by atomic mass is 35.5. The Kier molecular flexibility index (Phi) is 9.28. The van der Waals surface area contributed by atoms with Crippen molar-refractivity contribution < 1.29 is 23.7 Å². The smallest absolute Gasteiger partial charge is 0.257 e. The zero-order valence-electron chi connectivity index (χ0n) is 21.5. The lowest BCUT2D eigenvalue weighted by Gasteiger charge is -2.36. The molecule has 0 aromatic heterocycles. The Morgan fingerprint density at radius 1 is 0.865 bits per heavy atom. The molecule has 0 N–H and O–H groups in total. The standard InChI is InChI=1S/C29H33ClN2O5/c1-34-24-9-5-7-22(17-24)28(37-20-21-6-4-8-23(30)16-21)19-31-12-14-32(15-13-31)29(33)26-11-10-25(35-2)18-27(26)36-3/h4-11,16-18,28H,12-15,19-20H2,1-3H3/t28-/m1/s1. The number of halogens is 1. The summed E-state index contributed by atoms with van der Waals surface area (Å²) in [4.78, 5) is 17.4. The van der Waals surface area contributed by atoms with Crippen molar-refractivity contribution in [3.8, 4) is 17.2 Å². The van der Waals surface area contributed by atoms with Crippen LogP contribution in [0.15, 0.2) is 66.7 Å². The fraction of sp³-hybridized carbons (Fsp3) is 0.345. The number of ether oxygens (including phenoxy) is 4. The molecule has 0 unspecified atom stereocenters. The van der Waals surface area contributed by atoms with E-state index >= 15 is 0 Å². The number of nitrogens with zero attached hydrogens (tertiary/aromatic N) is 2. The predicted octanol–water partition coefficient (Wildman–Crippen LogP) is 5.08. The van der Waals surface area contributed by atoms with Crippen molar-refractivity contribution in [2.45, 2.75) is 12.7 Å². The van der Waals surface area contributed by atoms with Gasteiger partial charge in [0, 0.05) is 43.8 Å². The summed E-state index contributed by atoms with van der Waals surface area (Å²) >= 11 is 6.16. The number of carbonyl (C=O) groups is 1. The molecule has 1 fully saturated rings. The fourth-order valence-electron chi connectivity index (χ4n) is 4.43. The van der Waals surface area contributed by atoms with Crippen LogP contribution in [0.2, 0.25) is 5.02 Å². The van der Waals surface area contributed by atoms with Crippen LogP contribution in [0.1, 0.15) is 27.6 Å². The number of rotatable bonds is 10. The molecule has 37 heavy (non-hydrogen) atoms. The molecule has 0 saturated carbocycles. The molecule has 1 amide bonds. The summed E-state index contributed by atoms with van der Waals surface area (Å²) in [6.07, 6.45) is -0.169. The van der Waals surface area contributed by atoms with E-state index in [0.29, 0.717) is 48.3 Å². The van der Waals surface area contributed by atoms with Gasteiger partial charge in [0.2, 0.25) is 0 Å². The largest absolute Gasteiger partial charge is 0.497 e. The van der Waals surface area contributed by atoms with Crippen molar-refractivity contribution in [1.82, 2.24) is 9.80 Å². The first kappa shape index (κ1) is 26.8. The maximum atomic E-state index is 13.2. The van der Waals surface area contributed by atoms with Crippen molar-refractivity contribution in [3.63, 3.8) is 0 Å². The van der Waals surface area contributed by atoms with E-state index in [1.54, 1.807) is 39.5 Å². The first-order valence-electron chi connectivity index (χ1n) is 12.2. The van der Waals surface area contributed by atoms with Gasteiger partial charge in [-0.15, -0.1) is 0 Å². The van der Waals surface area contributed by atoms with Gasteiger partial charge in [0.15, 0.2) is 0 Å². The third-order valence-electron chi connectivity index (χ3n) is 6.53. The second kappa shape index (κ2) is 12.8. The number of carbonyl (C=O) groups excluding carboxylic acids is 1. The molecule has 0 radical (unpaired) electrons. The number of hydrogen-bond donors (Lipinski definition) is 0. The third kappa shape index (κ3) is 6.95. The van der Waals surface area contributed by atoms with Gasteiger partial charge in [-0.3, -0.25) is 9.69 Å². The molecule has 8 heteroatoms. The molecule has 7 nitrogen and oxygen atoms in total. The second-order valence-corrected chi connectivity index (χ2v) is 9.30. The third-order valence-corrected chi connectivity index (χ3v) is 6.76. The van der Waals surface area contributed by atoms with Gasteiger partial charge in [0.1, 0.15) is 17.2 Å². The highest BCUT2D eigenvalue weighted by molar-refractivity contribution is 6.30. The van der Waals surface area contributed by atoms with Gasteiger partial charge in [-0.1, -0.05) is 35.9 Å². The Balaban J connectivity index is 1.42. The van der Waals surface area contributed by atoms with E-state index in [1.807, 2.05) is 47.4 Å². The summed E-state index contributed by atoms with van der Waals surface area (Å²) in [6, 6.07) is 20.9. The maximum Gasteiger partial charge on any atom is 0.257 e. The minimum Gasteiger partial charge on any atom is -0.497 e. The van der Waals surface area contributed by atoms with Crippen LogP contribution >= 0.6 is 11.6 Å². The summed E-state index contributed by atoms with van der Waals surface area (Å²) in [5, 5.41) is 0.688. The molecular formula is C29H33ClN2O5. The maximum absolute atomic E-state index is 13.2. The van der Waals surface area contributed by atoms with Gasteiger partial charge in [0.25, 0.3) is 5.91 Å².